The Kier molecular flexibility index (Phi) is 8.96. The third-order valence-electron chi connectivity index (χ3n) is 3.56. The number of amides is 1. The molecule has 11 heteroatoms. The number of benzene rings is 1. The van der Waals surface area contributed by atoms with Crippen LogP contribution >= 0.6 is 11.6 Å². The molecule has 9 nitrogen and oxygen atoms in total. The molecule has 1 amide bonds. The van der Waals surface area contributed by atoms with Gasteiger partial charge in [-0.3, -0.25) is 9.59 Å². The first-order chi connectivity index (χ1) is 12.2. The molecule has 1 fully saturated rings. The summed E-state index contributed by atoms with van der Waals surface area (Å²) in [5, 5.41) is 16.9. The molecule has 0 aromatic heterocycles. The van der Waals surface area contributed by atoms with E-state index < -0.39 is 28.1 Å². The number of carbonyl (C=O) groups excluding carboxylic acids is 1. The van der Waals surface area contributed by atoms with Crippen molar-refractivity contribution in [1.29, 1.82) is 0 Å². The Hall–Kier alpha value is -1.72. The number of hydrogen-bond acceptors (Lipinski definition) is 6. The molecule has 0 saturated carbocycles. The lowest BCUT2D eigenvalue weighted by Gasteiger charge is -2.41. The van der Waals surface area contributed by atoms with Gasteiger partial charge in [0.25, 0.3) is 6.47 Å². The van der Waals surface area contributed by atoms with Gasteiger partial charge in [0.1, 0.15) is 6.10 Å². The quantitative estimate of drug-likeness (QED) is 0.577. The van der Waals surface area contributed by atoms with Gasteiger partial charge in [0.15, 0.2) is 0 Å². The normalized spacial score (nSPS) is 20.0. The number of hydrogen-bond donors (Lipinski definition) is 3. The van der Waals surface area contributed by atoms with Crippen LogP contribution in [0.5, 0.6) is 0 Å². The van der Waals surface area contributed by atoms with Crippen LogP contribution in [0.3, 0.4) is 0 Å². The minimum Gasteiger partial charge on any atom is -0.483 e. The molecule has 0 spiro atoms. The summed E-state index contributed by atoms with van der Waals surface area (Å²) in [6.45, 7) is -0.329. The van der Waals surface area contributed by atoms with Gasteiger partial charge in [-0.15, -0.1) is 0 Å². The van der Waals surface area contributed by atoms with Crippen molar-refractivity contribution in [3.63, 3.8) is 0 Å². The number of halogens is 1. The van der Waals surface area contributed by atoms with E-state index in [0.29, 0.717) is 10.6 Å². The lowest BCUT2D eigenvalue weighted by atomic mass is 9.98. The fourth-order valence-electron chi connectivity index (χ4n) is 2.54. The number of aliphatic hydroxyl groups excluding tert-OH is 1. The summed E-state index contributed by atoms with van der Waals surface area (Å²) in [6, 6.07) is 6.42. The van der Waals surface area contributed by atoms with Crippen LogP contribution in [-0.4, -0.2) is 74.6 Å². The number of nitrogens with one attached hydrogen (secondary N) is 1. The zero-order valence-corrected chi connectivity index (χ0v) is 15.6. The fourth-order valence-corrected chi connectivity index (χ4v) is 3.18. The Balaban J connectivity index is 0.00000105. The molecule has 1 aliphatic heterocycles. The molecular weight excluding hydrogens is 388 g/mol. The lowest BCUT2D eigenvalue weighted by Crippen LogP contribution is -2.52. The van der Waals surface area contributed by atoms with Crippen LogP contribution in [0.4, 0.5) is 0 Å². The van der Waals surface area contributed by atoms with Crippen LogP contribution < -0.4 is 4.72 Å². The van der Waals surface area contributed by atoms with Crippen molar-refractivity contribution in [2.75, 3.05) is 32.6 Å². The van der Waals surface area contributed by atoms with Gasteiger partial charge in [-0.1, -0.05) is 29.8 Å². The summed E-state index contributed by atoms with van der Waals surface area (Å²) in [6.07, 6.45) is 0.368. The molecule has 26 heavy (non-hydrogen) atoms. The highest BCUT2D eigenvalue weighted by molar-refractivity contribution is 7.88. The van der Waals surface area contributed by atoms with Gasteiger partial charge in [-0.2, -0.15) is 0 Å². The van der Waals surface area contributed by atoms with Crippen LogP contribution in [-0.2, 0) is 24.3 Å². The number of nitrogens with zero attached hydrogens (tertiary/aromatic N) is 1. The SMILES string of the molecule is CS(=O)(=O)NCC(=O)N1CCO[C@@H](CO)[C@@H]1c1ccccc1Cl.O=CO. The Bertz CT molecular complexity index is 714. The number of sulfonamides is 1. The van der Waals surface area contributed by atoms with E-state index in [2.05, 4.69) is 4.72 Å². The maximum absolute atomic E-state index is 12.4. The summed E-state index contributed by atoms with van der Waals surface area (Å²) >= 11 is 6.21. The second-order valence-electron chi connectivity index (χ2n) is 5.34. The predicted octanol–water partition coefficient (Wildman–Crippen LogP) is -0.149. The van der Waals surface area contributed by atoms with Crippen LogP contribution in [0.2, 0.25) is 5.02 Å². The first kappa shape index (κ1) is 22.3. The van der Waals surface area contributed by atoms with Gasteiger partial charge in [-0.05, 0) is 11.6 Å². The topological polar surface area (TPSA) is 133 Å². The zero-order chi connectivity index (χ0) is 19.7. The van der Waals surface area contributed by atoms with Crippen molar-refractivity contribution >= 4 is 34.0 Å². The predicted molar refractivity (Wildman–Crippen MR) is 94.3 cm³/mol. The number of rotatable bonds is 5. The third-order valence-corrected chi connectivity index (χ3v) is 4.57. The zero-order valence-electron chi connectivity index (χ0n) is 14.0. The van der Waals surface area contributed by atoms with Crippen molar-refractivity contribution in [2.45, 2.75) is 12.1 Å². The molecule has 1 heterocycles. The van der Waals surface area contributed by atoms with E-state index in [1.165, 1.54) is 4.90 Å². The molecule has 1 aromatic rings. The Labute approximate surface area is 156 Å². The molecule has 2 atom stereocenters. The number of morpholine rings is 1. The highest BCUT2D eigenvalue weighted by Gasteiger charge is 2.37. The van der Waals surface area contributed by atoms with Gasteiger partial charge in [0.05, 0.1) is 32.1 Å². The molecule has 0 radical (unpaired) electrons. The Morgan fingerprint density at radius 2 is 2.08 bits per heavy atom. The summed E-state index contributed by atoms with van der Waals surface area (Å²) < 4.78 is 30.1. The average molecular weight is 409 g/mol. The fraction of sp³-hybridized carbons (Fsp3) is 0.467. The molecule has 0 aliphatic carbocycles. The maximum Gasteiger partial charge on any atom is 0.290 e. The molecular formula is C15H21ClN2O7S. The summed E-state index contributed by atoms with van der Waals surface area (Å²) in [4.78, 5) is 22.3. The first-order valence-corrected chi connectivity index (χ1v) is 9.81. The molecule has 1 aliphatic rings. The van der Waals surface area contributed by atoms with E-state index in [-0.39, 0.29) is 32.8 Å². The van der Waals surface area contributed by atoms with E-state index in [1.54, 1.807) is 24.3 Å². The molecule has 0 bridgehead atoms. The van der Waals surface area contributed by atoms with Gasteiger partial charge in [-0.25, -0.2) is 13.1 Å². The van der Waals surface area contributed by atoms with Gasteiger partial charge >= 0.3 is 0 Å². The lowest BCUT2D eigenvalue weighted by molar-refractivity contribution is -0.148. The third kappa shape index (κ3) is 6.54. The summed E-state index contributed by atoms with van der Waals surface area (Å²) in [5.74, 6) is -0.401. The standard InChI is InChI=1S/C14H19ClN2O5S.CH2O2/c1-23(20,21)16-8-13(19)17-6-7-22-12(9-18)14(17)10-4-2-3-5-11(10)15;2-1-3/h2-5,12,14,16,18H,6-9H2,1H3;1H,(H,2,3)/t12-,14-;/m0./s1. The van der Waals surface area contributed by atoms with Crippen molar-refractivity contribution in [2.24, 2.45) is 0 Å². The van der Waals surface area contributed by atoms with Gasteiger partial charge in [0, 0.05) is 11.6 Å². The largest absolute Gasteiger partial charge is 0.483 e. The average Bonchev–Trinajstić information content (AvgIpc) is 2.59. The van der Waals surface area contributed by atoms with Gasteiger partial charge < -0.3 is 19.8 Å². The summed E-state index contributed by atoms with van der Waals surface area (Å²) in [7, 11) is -3.47. The van der Waals surface area contributed by atoms with E-state index in [9.17, 15) is 18.3 Å². The van der Waals surface area contributed by atoms with Crippen LogP contribution in [0, 0.1) is 0 Å². The number of carbonyl (C=O) groups is 2. The monoisotopic (exact) mass is 408 g/mol. The van der Waals surface area contributed by atoms with Crippen LogP contribution in [0.25, 0.3) is 0 Å². The number of carboxylic acid groups (broad SMARTS) is 1. The molecule has 1 aromatic carbocycles. The highest BCUT2D eigenvalue weighted by Crippen LogP contribution is 2.33. The molecule has 1 saturated heterocycles. The van der Waals surface area contributed by atoms with Crippen molar-refractivity contribution in [3.05, 3.63) is 34.9 Å². The molecule has 2 rings (SSSR count). The molecule has 146 valence electrons. The molecule has 3 N–H and O–H groups in total. The van der Waals surface area contributed by atoms with Crippen molar-refractivity contribution in [1.82, 2.24) is 9.62 Å². The van der Waals surface area contributed by atoms with Gasteiger partial charge in [0.2, 0.25) is 15.9 Å². The van der Waals surface area contributed by atoms with E-state index in [4.69, 9.17) is 26.2 Å². The second kappa shape index (κ2) is 10.4. The van der Waals surface area contributed by atoms with Crippen molar-refractivity contribution < 1.29 is 33.0 Å². The Morgan fingerprint density at radius 3 is 2.62 bits per heavy atom. The molecule has 0 unspecified atom stereocenters. The van der Waals surface area contributed by atoms with Crippen LogP contribution in [0.15, 0.2) is 24.3 Å². The first-order valence-electron chi connectivity index (χ1n) is 7.54. The number of aliphatic hydroxyl groups is 1. The minimum absolute atomic E-state index is 0.250. The van der Waals surface area contributed by atoms with E-state index >= 15 is 0 Å². The second-order valence-corrected chi connectivity index (χ2v) is 7.58. The highest BCUT2D eigenvalue weighted by atomic mass is 35.5. The summed E-state index contributed by atoms with van der Waals surface area (Å²) in [5.41, 5.74) is 0.653. The smallest absolute Gasteiger partial charge is 0.290 e. The van der Waals surface area contributed by atoms with E-state index in [1.807, 2.05) is 0 Å². The Morgan fingerprint density at radius 1 is 1.46 bits per heavy atom. The van der Waals surface area contributed by atoms with Crippen molar-refractivity contribution in [3.8, 4) is 0 Å². The van der Waals surface area contributed by atoms with Crippen LogP contribution in [0.1, 0.15) is 11.6 Å². The minimum atomic E-state index is -3.47. The van der Waals surface area contributed by atoms with E-state index in [0.717, 1.165) is 6.26 Å². The number of ether oxygens (including phenoxy) is 1. The maximum atomic E-state index is 12.4.